The van der Waals surface area contributed by atoms with Gasteiger partial charge in [-0.3, -0.25) is 0 Å². The average molecular weight is 295 g/mol. The second kappa shape index (κ2) is 5.75. The molecule has 1 heterocycles. The second-order valence-corrected chi connectivity index (χ2v) is 4.33. The number of halogens is 3. The maximum Gasteiger partial charge on any atom is 0.405 e. The van der Waals surface area contributed by atoms with E-state index in [0.29, 0.717) is 0 Å². The van der Waals surface area contributed by atoms with Gasteiger partial charge in [0.15, 0.2) is 5.82 Å². The first kappa shape index (κ1) is 14.7. The van der Waals surface area contributed by atoms with Gasteiger partial charge in [0, 0.05) is 0 Å². The highest BCUT2D eigenvalue weighted by Crippen LogP contribution is 2.23. The van der Waals surface area contributed by atoms with Crippen LogP contribution >= 0.6 is 0 Å². The lowest BCUT2D eigenvalue weighted by Crippen LogP contribution is -2.22. The lowest BCUT2D eigenvalue weighted by atomic mass is 10.2. The van der Waals surface area contributed by atoms with Gasteiger partial charge >= 0.3 is 6.18 Å². The standard InChI is InChI=1S/C13H12F3N5/c14-13(15,16)8-19-12-10(6-17)11(18)21(20-12)7-9-4-2-1-3-5-9/h1-5H,7-8,18H2,(H,19,20). The SMILES string of the molecule is N#Cc1c(NCC(F)(F)F)nn(Cc2ccccc2)c1N. The lowest BCUT2D eigenvalue weighted by Gasteiger charge is -2.06. The third-order valence-corrected chi connectivity index (χ3v) is 2.73. The Labute approximate surface area is 118 Å². The molecule has 2 rings (SSSR count). The van der Waals surface area contributed by atoms with E-state index in [1.54, 1.807) is 6.07 Å². The van der Waals surface area contributed by atoms with E-state index in [-0.39, 0.29) is 23.7 Å². The third kappa shape index (κ3) is 3.66. The van der Waals surface area contributed by atoms with Crippen molar-refractivity contribution in [3.63, 3.8) is 0 Å². The Morgan fingerprint density at radius 1 is 1.29 bits per heavy atom. The number of nitrogens with two attached hydrogens (primary N) is 1. The molecule has 0 atom stereocenters. The first-order chi connectivity index (χ1) is 9.90. The number of anilines is 2. The van der Waals surface area contributed by atoms with Gasteiger partial charge in [0.05, 0.1) is 6.54 Å². The monoisotopic (exact) mass is 295 g/mol. The maximum absolute atomic E-state index is 12.2. The minimum Gasteiger partial charge on any atom is -0.383 e. The molecule has 0 spiro atoms. The first-order valence-electron chi connectivity index (χ1n) is 6.01. The number of benzene rings is 1. The quantitative estimate of drug-likeness (QED) is 0.907. The van der Waals surface area contributed by atoms with E-state index >= 15 is 0 Å². The number of aromatic nitrogens is 2. The number of nitrogen functional groups attached to an aromatic ring is 1. The van der Waals surface area contributed by atoms with Gasteiger partial charge in [-0.1, -0.05) is 30.3 Å². The van der Waals surface area contributed by atoms with Crippen molar-refractivity contribution in [3.8, 4) is 6.07 Å². The predicted octanol–water partition coefficient (Wildman–Crippen LogP) is 2.36. The van der Waals surface area contributed by atoms with E-state index in [9.17, 15) is 13.2 Å². The van der Waals surface area contributed by atoms with Crippen LogP contribution in [0.1, 0.15) is 11.1 Å². The van der Waals surface area contributed by atoms with Gasteiger partial charge in [0.1, 0.15) is 24.0 Å². The van der Waals surface area contributed by atoms with E-state index in [4.69, 9.17) is 11.0 Å². The van der Waals surface area contributed by atoms with Gasteiger partial charge in [-0.15, -0.1) is 0 Å². The lowest BCUT2D eigenvalue weighted by molar-refractivity contribution is -0.115. The largest absolute Gasteiger partial charge is 0.405 e. The van der Waals surface area contributed by atoms with Crippen LogP contribution in [0.5, 0.6) is 0 Å². The molecule has 3 N–H and O–H groups in total. The molecule has 110 valence electrons. The Kier molecular flexibility index (Phi) is 4.03. The van der Waals surface area contributed by atoms with Crippen molar-refractivity contribution in [2.75, 3.05) is 17.6 Å². The van der Waals surface area contributed by atoms with Crippen LogP contribution in [0.25, 0.3) is 0 Å². The number of hydrogen-bond acceptors (Lipinski definition) is 4. The molecule has 1 aromatic carbocycles. The number of nitriles is 1. The van der Waals surface area contributed by atoms with Crippen molar-refractivity contribution in [2.45, 2.75) is 12.7 Å². The van der Waals surface area contributed by atoms with Crippen LogP contribution in [0.4, 0.5) is 24.8 Å². The number of nitrogens with zero attached hydrogens (tertiary/aromatic N) is 3. The van der Waals surface area contributed by atoms with E-state index in [1.165, 1.54) is 4.68 Å². The molecule has 0 bridgehead atoms. The minimum atomic E-state index is -4.40. The number of rotatable bonds is 4. The molecule has 2 aromatic rings. The van der Waals surface area contributed by atoms with Crippen LogP contribution in [0, 0.1) is 11.3 Å². The Balaban J connectivity index is 2.24. The molecular formula is C13H12F3N5. The zero-order valence-corrected chi connectivity index (χ0v) is 10.9. The zero-order chi connectivity index (χ0) is 15.5. The zero-order valence-electron chi connectivity index (χ0n) is 10.9. The fourth-order valence-electron chi connectivity index (χ4n) is 1.77. The fraction of sp³-hybridized carbons (Fsp3) is 0.231. The molecule has 5 nitrogen and oxygen atoms in total. The molecule has 0 aliphatic carbocycles. The van der Waals surface area contributed by atoms with E-state index in [1.807, 2.05) is 30.3 Å². The van der Waals surface area contributed by atoms with Crippen molar-refractivity contribution in [3.05, 3.63) is 41.5 Å². The smallest absolute Gasteiger partial charge is 0.383 e. The van der Waals surface area contributed by atoms with Crippen LogP contribution in [-0.2, 0) is 6.54 Å². The highest BCUT2D eigenvalue weighted by atomic mass is 19.4. The van der Waals surface area contributed by atoms with Gasteiger partial charge < -0.3 is 11.1 Å². The normalized spacial score (nSPS) is 11.1. The highest BCUT2D eigenvalue weighted by Gasteiger charge is 2.28. The van der Waals surface area contributed by atoms with Gasteiger partial charge in [0.2, 0.25) is 0 Å². The molecule has 0 amide bonds. The molecule has 1 aromatic heterocycles. The molecular weight excluding hydrogens is 283 g/mol. The summed E-state index contributed by atoms with van der Waals surface area (Å²) >= 11 is 0. The van der Waals surface area contributed by atoms with Crippen LogP contribution in [-0.4, -0.2) is 22.5 Å². The summed E-state index contributed by atoms with van der Waals surface area (Å²) < 4.78 is 38.0. The maximum atomic E-state index is 12.2. The summed E-state index contributed by atoms with van der Waals surface area (Å²) in [6.07, 6.45) is -4.40. The Bertz CT molecular complexity index is 655. The predicted molar refractivity (Wildman–Crippen MR) is 71.4 cm³/mol. The summed E-state index contributed by atoms with van der Waals surface area (Å²) in [7, 11) is 0. The van der Waals surface area contributed by atoms with E-state index < -0.39 is 12.7 Å². The summed E-state index contributed by atoms with van der Waals surface area (Å²) in [5.74, 6) is -0.130. The third-order valence-electron chi connectivity index (χ3n) is 2.73. The van der Waals surface area contributed by atoms with Crippen molar-refractivity contribution in [1.29, 1.82) is 5.26 Å². The second-order valence-electron chi connectivity index (χ2n) is 4.33. The number of nitrogens with one attached hydrogen (secondary N) is 1. The molecule has 21 heavy (non-hydrogen) atoms. The van der Waals surface area contributed by atoms with Crippen molar-refractivity contribution >= 4 is 11.6 Å². The van der Waals surface area contributed by atoms with Crippen LogP contribution in [0.15, 0.2) is 30.3 Å². The summed E-state index contributed by atoms with van der Waals surface area (Å²) in [6, 6.07) is 10.9. The van der Waals surface area contributed by atoms with E-state index in [2.05, 4.69) is 10.4 Å². The molecule has 0 saturated heterocycles. The molecule has 0 fully saturated rings. The van der Waals surface area contributed by atoms with Gasteiger partial charge in [-0.2, -0.15) is 23.5 Å². The first-order valence-corrected chi connectivity index (χ1v) is 6.01. The molecule has 0 saturated carbocycles. The van der Waals surface area contributed by atoms with Crippen LogP contribution in [0.2, 0.25) is 0 Å². The average Bonchev–Trinajstić information content (AvgIpc) is 2.73. The van der Waals surface area contributed by atoms with Crippen LogP contribution < -0.4 is 11.1 Å². The van der Waals surface area contributed by atoms with Gasteiger partial charge in [0.25, 0.3) is 0 Å². The summed E-state index contributed by atoms with van der Waals surface area (Å²) in [5, 5.41) is 15.0. The molecule has 0 unspecified atom stereocenters. The molecule has 8 heteroatoms. The fourth-order valence-corrected chi connectivity index (χ4v) is 1.77. The topological polar surface area (TPSA) is 79.7 Å². The Morgan fingerprint density at radius 2 is 1.95 bits per heavy atom. The number of alkyl halides is 3. The van der Waals surface area contributed by atoms with Crippen LogP contribution in [0.3, 0.4) is 0 Å². The van der Waals surface area contributed by atoms with Crippen molar-refractivity contribution < 1.29 is 13.2 Å². The number of hydrogen-bond donors (Lipinski definition) is 2. The van der Waals surface area contributed by atoms with Gasteiger partial charge in [-0.25, -0.2) is 4.68 Å². The van der Waals surface area contributed by atoms with Gasteiger partial charge in [-0.05, 0) is 5.56 Å². The van der Waals surface area contributed by atoms with Crippen molar-refractivity contribution in [2.24, 2.45) is 0 Å². The summed E-state index contributed by atoms with van der Waals surface area (Å²) in [5.41, 5.74) is 6.54. The molecule has 0 aliphatic rings. The summed E-state index contributed by atoms with van der Waals surface area (Å²) in [6.45, 7) is -1.00. The Morgan fingerprint density at radius 3 is 2.52 bits per heavy atom. The molecule has 0 aliphatic heterocycles. The minimum absolute atomic E-state index is 0.0334. The molecule has 0 radical (unpaired) electrons. The van der Waals surface area contributed by atoms with E-state index in [0.717, 1.165) is 5.56 Å². The highest BCUT2D eigenvalue weighted by molar-refractivity contribution is 5.63. The summed E-state index contributed by atoms with van der Waals surface area (Å²) in [4.78, 5) is 0. The van der Waals surface area contributed by atoms with Crippen molar-refractivity contribution in [1.82, 2.24) is 9.78 Å². The Hall–Kier alpha value is -2.69.